The van der Waals surface area contributed by atoms with Crippen molar-refractivity contribution < 1.29 is 13.2 Å². The predicted molar refractivity (Wildman–Crippen MR) is 68.0 cm³/mol. The fraction of sp³-hybridized carbons (Fsp3) is 0.364. The molecule has 0 fully saturated rings. The van der Waals surface area contributed by atoms with Gasteiger partial charge in [-0.3, -0.25) is 4.79 Å². The summed E-state index contributed by atoms with van der Waals surface area (Å²) in [7, 11) is -3.69. The first-order valence-electron chi connectivity index (χ1n) is 5.40. The van der Waals surface area contributed by atoms with Crippen LogP contribution in [0.2, 0.25) is 0 Å². The third kappa shape index (κ3) is 3.80. The molecule has 0 saturated heterocycles. The van der Waals surface area contributed by atoms with Crippen LogP contribution in [-0.2, 0) is 14.8 Å². The fourth-order valence-electron chi connectivity index (χ4n) is 1.37. The molecule has 0 heterocycles. The van der Waals surface area contributed by atoms with Crippen LogP contribution in [0, 0.1) is 0 Å². The van der Waals surface area contributed by atoms with Gasteiger partial charge < -0.3 is 11.1 Å². The van der Waals surface area contributed by atoms with Gasteiger partial charge in [-0.15, -0.1) is 0 Å². The molecule has 18 heavy (non-hydrogen) atoms. The summed E-state index contributed by atoms with van der Waals surface area (Å²) < 4.78 is 22.1. The van der Waals surface area contributed by atoms with Crippen LogP contribution in [0.4, 0.5) is 0 Å². The molecular weight excluding hydrogens is 254 g/mol. The second-order valence-corrected chi connectivity index (χ2v) is 5.69. The average molecular weight is 271 g/mol. The minimum absolute atomic E-state index is 0.0389. The third-order valence-corrected chi connectivity index (χ3v) is 3.41. The van der Waals surface area contributed by atoms with Crippen molar-refractivity contribution in [3.05, 3.63) is 29.8 Å². The van der Waals surface area contributed by atoms with Crippen LogP contribution >= 0.6 is 0 Å². The Kier molecular flexibility index (Phi) is 4.44. The first kappa shape index (κ1) is 14.6. The first-order chi connectivity index (χ1) is 8.21. The van der Waals surface area contributed by atoms with E-state index in [9.17, 15) is 13.2 Å². The van der Waals surface area contributed by atoms with Gasteiger partial charge in [-0.05, 0) is 31.5 Å². The molecule has 5 N–H and O–H groups in total. The van der Waals surface area contributed by atoms with Crippen molar-refractivity contribution in [2.45, 2.75) is 30.8 Å². The van der Waals surface area contributed by atoms with Crippen LogP contribution in [-0.4, -0.2) is 20.4 Å². The van der Waals surface area contributed by atoms with Crippen LogP contribution in [0.1, 0.15) is 25.5 Å². The highest BCUT2D eigenvalue weighted by molar-refractivity contribution is 7.89. The number of amides is 1. The Balaban J connectivity index is 2.83. The molecule has 1 unspecified atom stereocenters. The maximum atomic E-state index is 11.4. The smallest absolute Gasteiger partial charge is 0.238 e. The third-order valence-electron chi connectivity index (χ3n) is 2.48. The molecule has 0 saturated carbocycles. The number of nitrogens with one attached hydrogen (secondary N) is 1. The molecule has 100 valence electrons. The van der Waals surface area contributed by atoms with Crippen LogP contribution in [0.25, 0.3) is 0 Å². The molecule has 1 aromatic carbocycles. The van der Waals surface area contributed by atoms with Gasteiger partial charge >= 0.3 is 0 Å². The zero-order chi connectivity index (χ0) is 13.9. The number of hydrogen-bond acceptors (Lipinski definition) is 4. The summed E-state index contributed by atoms with van der Waals surface area (Å²) in [6.45, 7) is 3.37. The second kappa shape index (κ2) is 5.47. The van der Waals surface area contributed by atoms with Crippen LogP contribution in [0.15, 0.2) is 29.2 Å². The van der Waals surface area contributed by atoms with Gasteiger partial charge in [0.25, 0.3) is 0 Å². The summed E-state index contributed by atoms with van der Waals surface area (Å²) >= 11 is 0. The van der Waals surface area contributed by atoms with Crippen molar-refractivity contribution in [2.24, 2.45) is 10.9 Å². The highest BCUT2D eigenvalue weighted by Gasteiger charge is 2.13. The maximum Gasteiger partial charge on any atom is 0.238 e. The van der Waals surface area contributed by atoms with Crippen molar-refractivity contribution in [1.82, 2.24) is 5.32 Å². The molecule has 1 amide bonds. The number of hydrogen-bond donors (Lipinski definition) is 3. The number of rotatable bonds is 4. The molecule has 0 aliphatic rings. The standard InChI is InChI=1S/C11H17N3O3S/c1-7(12)11(15)14-8(2)9-3-5-10(6-4-9)18(13,16)17/h3-8H,12H2,1-2H3,(H,14,15)(H2,13,16,17)/t7-,8?/m0/s1. The molecule has 0 bridgehead atoms. The van der Waals surface area contributed by atoms with E-state index in [1.807, 2.05) is 0 Å². The monoisotopic (exact) mass is 271 g/mol. The number of carbonyl (C=O) groups is 1. The lowest BCUT2D eigenvalue weighted by molar-refractivity contribution is -0.122. The normalized spacial score (nSPS) is 14.9. The maximum absolute atomic E-state index is 11.4. The number of nitrogens with two attached hydrogens (primary N) is 2. The highest BCUT2D eigenvalue weighted by Crippen LogP contribution is 2.15. The number of primary sulfonamides is 1. The van der Waals surface area contributed by atoms with E-state index in [0.29, 0.717) is 0 Å². The topological polar surface area (TPSA) is 115 Å². The Morgan fingerprint density at radius 2 is 1.72 bits per heavy atom. The SMILES string of the molecule is CC(NC(=O)[C@H](C)N)c1ccc(S(N)(=O)=O)cc1. The van der Waals surface area contributed by atoms with Crippen molar-refractivity contribution in [3.63, 3.8) is 0 Å². The summed E-state index contributed by atoms with van der Waals surface area (Å²) in [4.78, 5) is 11.4. The van der Waals surface area contributed by atoms with Crippen LogP contribution in [0.5, 0.6) is 0 Å². The molecule has 1 aromatic rings. The molecule has 2 atom stereocenters. The van der Waals surface area contributed by atoms with Gasteiger partial charge in [0.05, 0.1) is 17.0 Å². The minimum Gasteiger partial charge on any atom is -0.348 e. The number of sulfonamides is 1. The van der Waals surface area contributed by atoms with Gasteiger partial charge in [0.15, 0.2) is 0 Å². The van der Waals surface area contributed by atoms with Crippen LogP contribution < -0.4 is 16.2 Å². The van der Waals surface area contributed by atoms with Gasteiger partial charge in [-0.2, -0.15) is 0 Å². The van der Waals surface area contributed by atoms with Gasteiger partial charge in [-0.25, -0.2) is 13.6 Å². The Morgan fingerprint density at radius 1 is 1.22 bits per heavy atom. The Hall–Kier alpha value is -1.44. The predicted octanol–water partition coefficient (Wildman–Crippen LogP) is -0.142. The lowest BCUT2D eigenvalue weighted by Gasteiger charge is -2.16. The molecule has 0 aliphatic heterocycles. The molecular formula is C11H17N3O3S. The van der Waals surface area contributed by atoms with E-state index in [1.165, 1.54) is 12.1 Å². The quantitative estimate of drug-likeness (QED) is 0.706. The number of carbonyl (C=O) groups excluding carboxylic acids is 1. The van der Waals surface area contributed by atoms with Gasteiger partial charge in [-0.1, -0.05) is 12.1 Å². The molecule has 0 aromatic heterocycles. The molecule has 0 spiro atoms. The van der Waals surface area contributed by atoms with E-state index in [4.69, 9.17) is 10.9 Å². The zero-order valence-electron chi connectivity index (χ0n) is 10.3. The largest absolute Gasteiger partial charge is 0.348 e. The van der Waals surface area contributed by atoms with Gasteiger partial charge in [0.2, 0.25) is 15.9 Å². The molecule has 7 heteroatoms. The zero-order valence-corrected chi connectivity index (χ0v) is 11.1. The van der Waals surface area contributed by atoms with E-state index < -0.39 is 16.1 Å². The van der Waals surface area contributed by atoms with Crippen molar-refractivity contribution in [2.75, 3.05) is 0 Å². The molecule has 0 aliphatic carbocycles. The first-order valence-corrected chi connectivity index (χ1v) is 6.95. The van der Waals surface area contributed by atoms with E-state index in [2.05, 4.69) is 5.32 Å². The Morgan fingerprint density at radius 3 is 2.11 bits per heavy atom. The van der Waals surface area contributed by atoms with Gasteiger partial charge in [0.1, 0.15) is 0 Å². The second-order valence-electron chi connectivity index (χ2n) is 4.13. The fourth-order valence-corrected chi connectivity index (χ4v) is 1.89. The van der Waals surface area contributed by atoms with Crippen molar-refractivity contribution in [3.8, 4) is 0 Å². The van der Waals surface area contributed by atoms with E-state index >= 15 is 0 Å². The Bertz CT molecular complexity index is 523. The molecule has 1 rings (SSSR count). The van der Waals surface area contributed by atoms with Crippen molar-refractivity contribution >= 4 is 15.9 Å². The number of benzene rings is 1. The summed E-state index contributed by atoms with van der Waals surface area (Å²) in [5.74, 6) is -0.266. The van der Waals surface area contributed by atoms with E-state index in [1.54, 1.807) is 26.0 Å². The summed E-state index contributed by atoms with van der Waals surface area (Å²) in [5, 5.41) is 7.70. The lowest BCUT2D eigenvalue weighted by atomic mass is 10.1. The van der Waals surface area contributed by atoms with E-state index in [0.717, 1.165) is 5.56 Å². The summed E-state index contributed by atoms with van der Waals surface area (Å²) in [6.07, 6.45) is 0. The van der Waals surface area contributed by atoms with Gasteiger partial charge in [0, 0.05) is 0 Å². The molecule has 6 nitrogen and oxygen atoms in total. The highest BCUT2D eigenvalue weighted by atomic mass is 32.2. The molecule has 0 radical (unpaired) electrons. The summed E-state index contributed by atoms with van der Waals surface area (Å²) in [6, 6.07) is 5.17. The van der Waals surface area contributed by atoms with Crippen LogP contribution in [0.3, 0.4) is 0 Å². The van der Waals surface area contributed by atoms with E-state index in [-0.39, 0.29) is 16.8 Å². The lowest BCUT2D eigenvalue weighted by Crippen LogP contribution is -2.39. The summed E-state index contributed by atoms with van der Waals surface area (Å²) in [5.41, 5.74) is 6.21. The minimum atomic E-state index is -3.69. The Labute approximate surface area is 106 Å². The van der Waals surface area contributed by atoms with Crippen molar-refractivity contribution in [1.29, 1.82) is 0 Å². The average Bonchev–Trinajstić information content (AvgIpc) is 2.27.